The highest BCUT2D eigenvalue weighted by Gasteiger charge is 2.60. The Morgan fingerprint density at radius 1 is 1.03 bits per heavy atom. The number of nitrogens with zero attached hydrogens (tertiary/aromatic N) is 1. The van der Waals surface area contributed by atoms with Crippen LogP contribution in [0, 0.1) is 10.7 Å². The first-order valence-electron chi connectivity index (χ1n) is 10.8. The maximum atomic E-state index is 14.3. The van der Waals surface area contributed by atoms with Gasteiger partial charge in [-0.05, 0) is 35.0 Å². The van der Waals surface area contributed by atoms with Crippen molar-refractivity contribution in [1.29, 1.82) is 0 Å². The van der Waals surface area contributed by atoms with E-state index < -0.39 is 57.9 Å². The maximum absolute atomic E-state index is 14.3. The zero-order chi connectivity index (χ0) is 28.8. The summed E-state index contributed by atoms with van der Waals surface area (Å²) in [7, 11) is 0. The highest BCUT2D eigenvalue weighted by Crippen LogP contribution is 2.49. The molecule has 0 spiro atoms. The fraction of sp³-hybridized carbons (Fsp3) is 0.208. The molecule has 1 aliphatic heterocycles. The lowest BCUT2D eigenvalue weighted by atomic mass is 9.90. The van der Waals surface area contributed by atoms with Gasteiger partial charge in [0, 0.05) is 16.7 Å². The van der Waals surface area contributed by atoms with Gasteiger partial charge in [-0.2, -0.15) is 31.2 Å². The third kappa shape index (κ3) is 5.25. The van der Waals surface area contributed by atoms with Crippen LogP contribution in [0.4, 0.5) is 30.7 Å². The van der Waals surface area contributed by atoms with Gasteiger partial charge in [-0.3, -0.25) is 15.1 Å². The van der Waals surface area contributed by atoms with Crippen molar-refractivity contribution in [2.24, 2.45) is 5.18 Å². The second-order valence-electron chi connectivity index (χ2n) is 8.33. The van der Waals surface area contributed by atoms with Crippen molar-refractivity contribution in [2.75, 3.05) is 6.54 Å². The van der Waals surface area contributed by atoms with Crippen LogP contribution in [0.5, 0.6) is 0 Å². The van der Waals surface area contributed by atoms with Crippen LogP contribution in [0.1, 0.15) is 21.5 Å². The number of nitrogens with one attached hydrogen (secondary N) is 2. The third-order valence-corrected chi connectivity index (χ3v) is 6.47. The van der Waals surface area contributed by atoms with E-state index in [0.717, 1.165) is 12.1 Å². The average molecular weight is 596 g/mol. The van der Waals surface area contributed by atoms with Gasteiger partial charge in [-0.15, -0.1) is 0 Å². The molecule has 2 N–H and O–H groups in total. The molecule has 0 saturated heterocycles. The minimum absolute atomic E-state index is 0.111. The van der Waals surface area contributed by atoms with Crippen molar-refractivity contribution < 1.29 is 40.4 Å². The van der Waals surface area contributed by atoms with E-state index >= 15 is 0 Å². The van der Waals surface area contributed by atoms with Crippen molar-refractivity contribution in [3.8, 4) is 0 Å². The van der Waals surface area contributed by atoms with Gasteiger partial charge in [0.25, 0.3) is 5.91 Å². The molecule has 0 radical (unpaired) electrons. The highest BCUT2D eigenvalue weighted by atomic mass is 35.5. The van der Waals surface area contributed by atoms with Gasteiger partial charge in [0.15, 0.2) is 5.82 Å². The van der Waals surface area contributed by atoms with Crippen molar-refractivity contribution in [2.45, 2.75) is 24.0 Å². The Balaban J connectivity index is 1.77. The molecule has 3 aromatic rings. The Morgan fingerprint density at radius 3 is 2.21 bits per heavy atom. The Kier molecular flexibility index (Phi) is 7.54. The Labute approximate surface area is 224 Å². The second kappa shape index (κ2) is 10.3. The molecule has 0 bridgehead atoms. The van der Waals surface area contributed by atoms with Gasteiger partial charge in [-0.1, -0.05) is 58.7 Å². The van der Waals surface area contributed by atoms with Crippen LogP contribution < -0.4 is 10.8 Å². The summed E-state index contributed by atoms with van der Waals surface area (Å²) in [5.74, 6) is -2.08. The molecule has 0 aliphatic carbocycles. The molecule has 2 unspecified atom stereocenters. The van der Waals surface area contributed by atoms with Crippen LogP contribution in [0.15, 0.2) is 59.8 Å². The summed E-state index contributed by atoms with van der Waals surface area (Å²) in [5.41, 5.74) is -1.69. The van der Waals surface area contributed by atoms with E-state index in [0.29, 0.717) is 6.08 Å². The fourth-order valence-corrected chi connectivity index (χ4v) is 4.46. The second-order valence-corrected chi connectivity index (χ2v) is 9.14. The number of hydroxylamine groups is 1. The first kappa shape index (κ1) is 28.6. The first-order valence-corrected chi connectivity index (χ1v) is 11.5. The van der Waals surface area contributed by atoms with Gasteiger partial charge >= 0.3 is 12.4 Å². The summed E-state index contributed by atoms with van der Waals surface area (Å²) in [4.78, 5) is 28.2. The SMILES string of the molecule is O=NC(CNC(=O)c1ccc(C2=CC(c3cc(Cl)c(F)c(Cl)c3)(C(F)(F)F)ON2)c2ccccc12)C(F)(F)F. The van der Waals surface area contributed by atoms with E-state index in [2.05, 4.69) is 5.48 Å². The number of carbonyl (C=O) groups excluding carboxylic acids is 1. The molecule has 0 fully saturated rings. The van der Waals surface area contributed by atoms with E-state index in [-0.39, 0.29) is 27.6 Å². The molecule has 6 nitrogen and oxygen atoms in total. The number of amides is 1. The van der Waals surface area contributed by atoms with Gasteiger partial charge in [0.05, 0.1) is 22.3 Å². The molecule has 0 aromatic heterocycles. The number of rotatable bonds is 6. The number of fused-ring (bicyclic) bond motifs is 1. The van der Waals surface area contributed by atoms with E-state index in [1.807, 2.05) is 10.5 Å². The van der Waals surface area contributed by atoms with Crippen LogP contribution in [0.2, 0.25) is 10.0 Å². The lowest BCUT2D eigenvalue weighted by Crippen LogP contribution is -2.42. The Bertz CT molecular complexity index is 1470. The first-order chi connectivity index (χ1) is 18.2. The Hall–Kier alpha value is -3.42. The van der Waals surface area contributed by atoms with Crippen LogP contribution in [-0.4, -0.2) is 30.8 Å². The lowest BCUT2D eigenvalue weighted by Gasteiger charge is -2.28. The van der Waals surface area contributed by atoms with Crippen LogP contribution >= 0.6 is 23.2 Å². The third-order valence-electron chi connectivity index (χ3n) is 5.92. The molecule has 1 amide bonds. The Morgan fingerprint density at radius 2 is 1.64 bits per heavy atom. The maximum Gasteiger partial charge on any atom is 0.428 e. The predicted molar refractivity (Wildman–Crippen MR) is 128 cm³/mol. The zero-order valence-corrected chi connectivity index (χ0v) is 20.6. The average Bonchev–Trinajstić information content (AvgIpc) is 3.32. The van der Waals surface area contributed by atoms with Crippen molar-refractivity contribution in [1.82, 2.24) is 10.8 Å². The molecule has 1 heterocycles. The van der Waals surface area contributed by atoms with Crippen LogP contribution in [-0.2, 0) is 10.4 Å². The molecule has 206 valence electrons. The van der Waals surface area contributed by atoms with E-state index in [9.17, 15) is 40.4 Å². The summed E-state index contributed by atoms with van der Waals surface area (Å²) in [6.07, 6.45) is -9.35. The highest BCUT2D eigenvalue weighted by molar-refractivity contribution is 6.35. The van der Waals surface area contributed by atoms with Gasteiger partial charge in [-0.25, -0.2) is 4.39 Å². The van der Waals surface area contributed by atoms with Crippen molar-refractivity contribution in [3.05, 3.63) is 92.1 Å². The molecule has 3 aromatic carbocycles. The number of nitroso groups, excluding NO2 is 1. The minimum Gasteiger partial charge on any atom is -0.349 e. The van der Waals surface area contributed by atoms with E-state index in [1.165, 1.54) is 36.4 Å². The number of benzene rings is 3. The summed E-state index contributed by atoms with van der Waals surface area (Å²) >= 11 is 11.4. The fourth-order valence-electron chi connectivity index (χ4n) is 3.98. The smallest absolute Gasteiger partial charge is 0.349 e. The quantitative estimate of drug-likeness (QED) is 0.182. The monoisotopic (exact) mass is 595 g/mol. The van der Waals surface area contributed by atoms with E-state index in [1.54, 1.807) is 0 Å². The zero-order valence-electron chi connectivity index (χ0n) is 19.1. The number of hydrogen-bond donors (Lipinski definition) is 2. The largest absolute Gasteiger partial charge is 0.428 e. The standard InChI is InChI=1S/C24H14Cl2F7N3O3/c25-16-7-11(8-17(26)20(16)27)22(24(31,32)33)9-18(36-39-22)14-5-6-15(13-4-2-1-3-12(13)14)21(37)34-10-19(35-38)23(28,29)30/h1-9,19,36H,10H2,(H,34,37). The molecule has 15 heteroatoms. The van der Waals surface area contributed by atoms with Crippen molar-refractivity contribution in [3.63, 3.8) is 0 Å². The molecule has 1 aliphatic rings. The summed E-state index contributed by atoms with van der Waals surface area (Å²) in [5, 5.41) is 3.06. The van der Waals surface area contributed by atoms with Gasteiger partial charge < -0.3 is 5.32 Å². The normalized spacial score (nSPS) is 18.4. The predicted octanol–water partition coefficient (Wildman–Crippen LogP) is 7.05. The summed E-state index contributed by atoms with van der Waals surface area (Å²) in [6, 6.07) is 7.16. The molecule has 4 rings (SSSR count). The topological polar surface area (TPSA) is 79.8 Å². The number of carbonyl (C=O) groups is 1. The van der Waals surface area contributed by atoms with E-state index in [4.69, 9.17) is 28.0 Å². The number of alkyl halides is 6. The molecule has 39 heavy (non-hydrogen) atoms. The van der Waals surface area contributed by atoms with Gasteiger partial charge in [0.1, 0.15) is 0 Å². The minimum atomic E-state index is -5.08. The number of halogens is 9. The number of hydrogen-bond acceptors (Lipinski definition) is 5. The van der Waals surface area contributed by atoms with Crippen LogP contribution in [0.3, 0.4) is 0 Å². The molecule has 0 saturated carbocycles. The molecular formula is C24H14Cl2F7N3O3. The molecular weight excluding hydrogens is 582 g/mol. The summed E-state index contributed by atoms with van der Waals surface area (Å²) in [6.45, 7) is -1.11. The molecule has 2 atom stereocenters. The summed E-state index contributed by atoms with van der Waals surface area (Å²) < 4.78 is 95.3. The van der Waals surface area contributed by atoms with Gasteiger partial charge in [0.2, 0.25) is 11.6 Å². The van der Waals surface area contributed by atoms with Crippen molar-refractivity contribution >= 4 is 45.6 Å². The van der Waals surface area contributed by atoms with Crippen LogP contribution in [0.25, 0.3) is 16.5 Å². The lowest BCUT2D eigenvalue weighted by molar-refractivity contribution is -0.269.